The van der Waals surface area contributed by atoms with Crippen molar-refractivity contribution in [2.24, 2.45) is 5.92 Å². The Bertz CT molecular complexity index is 421. The van der Waals surface area contributed by atoms with Gasteiger partial charge in [0.2, 0.25) is 0 Å². The first-order valence-electron chi connectivity index (χ1n) is 7.56. The van der Waals surface area contributed by atoms with Crippen molar-refractivity contribution >= 4 is 23.8 Å². The molecule has 3 aliphatic rings. The van der Waals surface area contributed by atoms with Gasteiger partial charge in [-0.1, -0.05) is 0 Å². The highest BCUT2D eigenvalue weighted by molar-refractivity contribution is 8.00. The molecule has 0 spiro atoms. The van der Waals surface area contributed by atoms with Gasteiger partial charge in [-0.3, -0.25) is 4.90 Å². The molecule has 0 aromatic heterocycles. The van der Waals surface area contributed by atoms with E-state index in [0.29, 0.717) is 24.8 Å². The Morgan fingerprint density at radius 1 is 1.19 bits per heavy atom. The third-order valence-electron chi connectivity index (χ3n) is 4.61. The SMILES string of the molecule is COC1CCN(C(=O)N2C(C(=O)O)CSC2C2CC2)CC1. The molecule has 3 fully saturated rings. The summed E-state index contributed by atoms with van der Waals surface area (Å²) in [5.74, 6) is 0.113. The highest BCUT2D eigenvalue weighted by Crippen LogP contribution is 2.45. The van der Waals surface area contributed by atoms with Gasteiger partial charge in [-0.15, -0.1) is 11.8 Å². The van der Waals surface area contributed by atoms with Crippen molar-refractivity contribution in [3.8, 4) is 0 Å². The van der Waals surface area contributed by atoms with Gasteiger partial charge in [-0.25, -0.2) is 9.59 Å². The maximum Gasteiger partial charge on any atom is 0.327 e. The summed E-state index contributed by atoms with van der Waals surface area (Å²) in [6.07, 6.45) is 4.10. The van der Waals surface area contributed by atoms with Crippen LogP contribution in [0.4, 0.5) is 4.79 Å². The van der Waals surface area contributed by atoms with E-state index in [4.69, 9.17) is 4.74 Å². The first-order chi connectivity index (χ1) is 10.1. The highest BCUT2D eigenvalue weighted by atomic mass is 32.2. The summed E-state index contributed by atoms with van der Waals surface area (Å²) in [4.78, 5) is 27.7. The molecule has 2 unspecified atom stereocenters. The Morgan fingerprint density at radius 3 is 2.38 bits per heavy atom. The second-order valence-electron chi connectivity index (χ2n) is 6.03. The Morgan fingerprint density at radius 2 is 1.86 bits per heavy atom. The quantitative estimate of drug-likeness (QED) is 0.854. The lowest BCUT2D eigenvalue weighted by atomic mass is 10.1. The molecule has 2 atom stereocenters. The van der Waals surface area contributed by atoms with E-state index < -0.39 is 12.0 Å². The number of thioether (sulfide) groups is 1. The molecule has 2 amide bonds. The molecule has 21 heavy (non-hydrogen) atoms. The Kier molecular flexibility index (Phi) is 4.31. The van der Waals surface area contributed by atoms with Crippen LogP contribution in [0.15, 0.2) is 0 Å². The highest BCUT2D eigenvalue weighted by Gasteiger charge is 2.49. The first-order valence-corrected chi connectivity index (χ1v) is 8.61. The average molecular weight is 314 g/mol. The minimum absolute atomic E-state index is 0.0544. The fourth-order valence-electron chi connectivity index (χ4n) is 3.15. The molecular weight excluding hydrogens is 292 g/mol. The molecule has 2 saturated heterocycles. The molecule has 0 aromatic carbocycles. The summed E-state index contributed by atoms with van der Waals surface area (Å²) < 4.78 is 5.32. The van der Waals surface area contributed by atoms with Crippen LogP contribution in [0.1, 0.15) is 25.7 Å². The van der Waals surface area contributed by atoms with Crippen molar-refractivity contribution < 1.29 is 19.4 Å². The van der Waals surface area contributed by atoms with Crippen LogP contribution in [0.25, 0.3) is 0 Å². The smallest absolute Gasteiger partial charge is 0.327 e. The number of nitrogens with zero attached hydrogens (tertiary/aromatic N) is 2. The van der Waals surface area contributed by atoms with E-state index in [9.17, 15) is 14.7 Å². The topological polar surface area (TPSA) is 70.1 Å². The van der Waals surface area contributed by atoms with Crippen molar-refractivity contribution in [2.75, 3.05) is 26.0 Å². The maximum absolute atomic E-state index is 12.8. The van der Waals surface area contributed by atoms with Gasteiger partial charge in [0.15, 0.2) is 0 Å². The Labute approximate surface area is 128 Å². The van der Waals surface area contributed by atoms with Crippen LogP contribution in [0.3, 0.4) is 0 Å². The monoisotopic (exact) mass is 314 g/mol. The number of hydrogen-bond donors (Lipinski definition) is 1. The van der Waals surface area contributed by atoms with Crippen LogP contribution in [0.2, 0.25) is 0 Å². The van der Waals surface area contributed by atoms with Gasteiger partial charge in [-0.2, -0.15) is 0 Å². The van der Waals surface area contributed by atoms with Crippen LogP contribution in [0, 0.1) is 5.92 Å². The van der Waals surface area contributed by atoms with Crippen LogP contribution >= 0.6 is 11.8 Å². The number of piperidine rings is 1. The van der Waals surface area contributed by atoms with Gasteiger partial charge in [0.05, 0.1) is 11.5 Å². The number of aliphatic carboxylic acids is 1. The lowest BCUT2D eigenvalue weighted by molar-refractivity contribution is -0.141. The third-order valence-corrected chi connectivity index (χ3v) is 6.07. The van der Waals surface area contributed by atoms with E-state index in [1.807, 2.05) is 0 Å². The van der Waals surface area contributed by atoms with Gasteiger partial charge in [0.25, 0.3) is 0 Å². The van der Waals surface area contributed by atoms with Crippen LogP contribution < -0.4 is 0 Å². The van der Waals surface area contributed by atoms with Crippen molar-refractivity contribution in [1.29, 1.82) is 0 Å². The van der Waals surface area contributed by atoms with E-state index in [-0.39, 0.29) is 17.5 Å². The Hall–Kier alpha value is -0.950. The number of ether oxygens (including phenoxy) is 1. The molecule has 2 aliphatic heterocycles. The zero-order valence-corrected chi connectivity index (χ0v) is 13.1. The fourth-order valence-corrected chi connectivity index (χ4v) is 4.78. The van der Waals surface area contributed by atoms with Crippen LogP contribution in [-0.4, -0.2) is 70.4 Å². The zero-order valence-electron chi connectivity index (χ0n) is 12.2. The van der Waals surface area contributed by atoms with E-state index >= 15 is 0 Å². The number of carbonyl (C=O) groups is 2. The summed E-state index contributed by atoms with van der Waals surface area (Å²) >= 11 is 1.63. The zero-order chi connectivity index (χ0) is 15.0. The molecule has 2 heterocycles. The number of amides is 2. The van der Waals surface area contributed by atoms with Crippen LogP contribution in [0.5, 0.6) is 0 Å². The largest absolute Gasteiger partial charge is 0.480 e. The van der Waals surface area contributed by atoms with E-state index in [0.717, 1.165) is 25.7 Å². The second-order valence-corrected chi connectivity index (χ2v) is 7.18. The first kappa shape index (κ1) is 15.0. The van der Waals surface area contributed by atoms with Crippen molar-refractivity contribution in [2.45, 2.75) is 43.2 Å². The minimum Gasteiger partial charge on any atom is -0.480 e. The summed E-state index contributed by atoms with van der Waals surface area (Å²) in [5, 5.41) is 9.44. The molecular formula is C14H22N2O4S. The average Bonchev–Trinajstić information content (AvgIpc) is 3.24. The molecule has 0 radical (unpaired) electrons. The number of carboxylic acid groups (broad SMARTS) is 1. The normalized spacial score (nSPS) is 30.7. The van der Waals surface area contributed by atoms with Crippen LogP contribution in [-0.2, 0) is 9.53 Å². The lowest BCUT2D eigenvalue weighted by Gasteiger charge is -2.37. The van der Waals surface area contributed by atoms with E-state index in [2.05, 4.69) is 0 Å². The summed E-state index contributed by atoms with van der Waals surface area (Å²) in [5.41, 5.74) is 0. The second kappa shape index (κ2) is 6.04. The molecule has 1 N–H and O–H groups in total. The molecule has 0 aromatic rings. The molecule has 0 bridgehead atoms. The Balaban J connectivity index is 1.69. The molecule has 118 valence electrons. The number of urea groups is 1. The molecule has 1 saturated carbocycles. The number of carbonyl (C=O) groups excluding carboxylic acids is 1. The van der Waals surface area contributed by atoms with Gasteiger partial charge >= 0.3 is 12.0 Å². The van der Waals surface area contributed by atoms with Crippen molar-refractivity contribution in [3.05, 3.63) is 0 Å². The standard InChI is InChI=1S/C14H22N2O4S/c1-20-10-4-6-15(7-5-10)14(19)16-11(13(17)18)8-21-12(16)9-2-3-9/h9-12H,2-8H2,1H3,(H,17,18). The molecule has 3 rings (SSSR count). The summed E-state index contributed by atoms with van der Waals surface area (Å²) in [6, 6.07) is -0.771. The summed E-state index contributed by atoms with van der Waals surface area (Å²) in [7, 11) is 1.70. The van der Waals surface area contributed by atoms with Gasteiger partial charge in [0.1, 0.15) is 6.04 Å². The summed E-state index contributed by atoms with van der Waals surface area (Å²) in [6.45, 7) is 1.31. The number of methoxy groups -OCH3 is 1. The number of likely N-dealkylation sites (tertiary alicyclic amines) is 1. The van der Waals surface area contributed by atoms with Gasteiger partial charge in [-0.05, 0) is 31.6 Å². The lowest BCUT2D eigenvalue weighted by Crippen LogP contribution is -2.54. The number of carboxylic acids is 1. The van der Waals surface area contributed by atoms with Crippen molar-refractivity contribution in [3.63, 3.8) is 0 Å². The third kappa shape index (κ3) is 2.99. The van der Waals surface area contributed by atoms with Crippen molar-refractivity contribution in [1.82, 2.24) is 9.80 Å². The molecule has 7 heteroatoms. The number of hydrogen-bond acceptors (Lipinski definition) is 4. The predicted octanol–water partition coefficient (Wildman–Crippen LogP) is 1.46. The molecule has 6 nitrogen and oxygen atoms in total. The van der Waals surface area contributed by atoms with E-state index in [1.165, 1.54) is 0 Å². The van der Waals surface area contributed by atoms with Gasteiger partial charge in [0, 0.05) is 26.0 Å². The molecule has 1 aliphatic carbocycles. The predicted molar refractivity (Wildman–Crippen MR) is 79.2 cm³/mol. The van der Waals surface area contributed by atoms with Gasteiger partial charge < -0.3 is 14.7 Å². The van der Waals surface area contributed by atoms with E-state index in [1.54, 1.807) is 28.7 Å². The fraction of sp³-hybridized carbons (Fsp3) is 0.857. The number of rotatable bonds is 3. The maximum atomic E-state index is 12.8. The minimum atomic E-state index is -0.884.